The molecular formula is C35H52N6O12. The number of carboxylic acids is 4. The Labute approximate surface area is 308 Å². The third-order valence-corrected chi connectivity index (χ3v) is 9.46. The summed E-state index contributed by atoms with van der Waals surface area (Å²) >= 11 is 0. The molecule has 0 spiro atoms. The first kappa shape index (κ1) is 42.8. The standard InChI is InChI=1S/C35H52N6O12/c1-36-33(50)35(52)11-4-3-5-28(10-12-35)53-34(51)37(2)26-8-6-25(7-9-26)19-27-20-40(23-31(46)47)16-15-38(21-29(42)43)13-14-39(22-30(44)45)17-18-41(27)24-32(48)49/h3,5-9,27-28,52H,4,10-24H2,1-2H3,(H,36,50)(H,42,43)(H,44,45)(H,46,47)(H,48,49)/b5-3+/t27?,28-,35-/m0/s1. The molecule has 0 saturated carbocycles. The summed E-state index contributed by atoms with van der Waals surface area (Å²) in [6, 6.07) is 6.37. The Bertz CT molecular complexity index is 1460. The van der Waals surface area contributed by atoms with Crippen LogP contribution in [0.3, 0.4) is 0 Å². The highest BCUT2D eigenvalue weighted by atomic mass is 16.6. The number of amides is 2. The van der Waals surface area contributed by atoms with Gasteiger partial charge in [0.1, 0.15) is 11.7 Å². The molecule has 18 heteroatoms. The van der Waals surface area contributed by atoms with Crippen LogP contribution < -0.4 is 10.2 Å². The molecule has 0 aromatic heterocycles. The topological polar surface area (TPSA) is 241 Å². The van der Waals surface area contributed by atoms with E-state index in [2.05, 4.69) is 5.32 Å². The summed E-state index contributed by atoms with van der Waals surface area (Å²) in [7, 11) is 2.98. The van der Waals surface area contributed by atoms with Crippen LogP contribution in [0.25, 0.3) is 0 Å². The molecule has 1 aromatic rings. The number of allylic oxidation sites excluding steroid dienone is 1. The first-order valence-corrected chi connectivity index (χ1v) is 17.5. The van der Waals surface area contributed by atoms with Crippen LogP contribution in [0, 0.1) is 0 Å². The fourth-order valence-corrected chi connectivity index (χ4v) is 6.53. The van der Waals surface area contributed by atoms with Gasteiger partial charge < -0.3 is 35.6 Å². The lowest BCUT2D eigenvalue weighted by Gasteiger charge is -2.37. The average Bonchev–Trinajstić information content (AvgIpc) is 3.08. The molecular weight excluding hydrogens is 696 g/mol. The molecule has 1 saturated heterocycles. The van der Waals surface area contributed by atoms with Gasteiger partial charge in [0.2, 0.25) is 0 Å². The summed E-state index contributed by atoms with van der Waals surface area (Å²) in [5.74, 6) is -4.87. The molecule has 2 amide bonds. The van der Waals surface area contributed by atoms with E-state index in [-0.39, 0.29) is 97.7 Å². The Balaban J connectivity index is 1.81. The smallest absolute Gasteiger partial charge is 0.414 e. The molecule has 1 unspecified atom stereocenters. The van der Waals surface area contributed by atoms with Crippen LogP contribution in [0.4, 0.5) is 10.5 Å². The van der Waals surface area contributed by atoms with Crippen molar-refractivity contribution in [2.75, 3.05) is 91.0 Å². The lowest BCUT2D eigenvalue weighted by Crippen LogP contribution is -2.53. The predicted molar refractivity (Wildman–Crippen MR) is 191 cm³/mol. The maximum atomic E-state index is 13.1. The fourth-order valence-electron chi connectivity index (χ4n) is 6.53. The molecule has 18 nitrogen and oxygen atoms in total. The molecule has 2 aliphatic rings. The van der Waals surface area contributed by atoms with Crippen LogP contribution in [-0.4, -0.2) is 185 Å². The number of benzene rings is 1. The summed E-state index contributed by atoms with van der Waals surface area (Å²) in [5, 5.41) is 51.8. The van der Waals surface area contributed by atoms with Crippen molar-refractivity contribution < 1.29 is 59.0 Å². The number of carbonyl (C=O) groups excluding carboxylic acids is 2. The zero-order chi connectivity index (χ0) is 39.1. The molecule has 3 rings (SSSR count). The van der Waals surface area contributed by atoms with Crippen LogP contribution in [-0.2, 0) is 35.1 Å². The Morgan fingerprint density at radius 3 is 1.87 bits per heavy atom. The van der Waals surface area contributed by atoms with Crippen molar-refractivity contribution in [1.82, 2.24) is 24.9 Å². The minimum absolute atomic E-state index is 0.107. The number of aliphatic carboxylic acids is 4. The Kier molecular flexibility index (Phi) is 16.6. The van der Waals surface area contributed by atoms with Crippen LogP contribution in [0.1, 0.15) is 31.2 Å². The van der Waals surface area contributed by atoms with E-state index < -0.39 is 53.6 Å². The first-order chi connectivity index (χ1) is 25.1. The Hall–Kier alpha value is -4.62. The molecule has 53 heavy (non-hydrogen) atoms. The monoisotopic (exact) mass is 748 g/mol. The van der Waals surface area contributed by atoms with Crippen LogP contribution in [0.15, 0.2) is 36.4 Å². The lowest BCUT2D eigenvalue weighted by molar-refractivity contribution is -0.142. The summed E-state index contributed by atoms with van der Waals surface area (Å²) < 4.78 is 5.69. The first-order valence-electron chi connectivity index (χ1n) is 17.5. The van der Waals surface area contributed by atoms with E-state index in [1.807, 2.05) is 0 Å². The second-order valence-corrected chi connectivity index (χ2v) is 13.5. The van der Waals surface area contributed by atoms with Gasteiger partial charge in [0.25, 0.3) is 5.91 Å². The third kappa shape index (κ3) is 14.4. The maximum absolute atomic E-state index is 13.1. The van der Waals surface area contributed by atoms with Crippen molar-refractivity contribution in [2.24, 2.45) is 0 Å². The zero-order valence-electron chi connectivity index (χ0n) is 30.3. The highest BCUT2D eigenvalue weighted by Crippen LogP contribution is 2.26. The minimum Gasteiger partial charge on any atom is -0.480 e. The molecule has 1 aromatic carbocycles. The number of hydrogen-bond donors (Lipinski definition) is 6. The fraction of sp³-hybridized carbons (Fsp3) is 0.600. The third-order valence-electron chi connectivity index (χ3n) is 9.46. The lowest BCUT2D eigenvalue weighted by atomic mass is 9.88. The number of ether oxygens (including phenoxy) is 1. The van der Waals surface area contributed by atoms with E-state index >= 15 is 0 Å². The van der Waals surface area contributed by atoms with Crippen molar-refractivity contribution in [2.45, 2.75) is 49.9 Å². The Morgan fingerprint density at radius 2 is 1.32 bits per heavy atom. The highest BCUT2D eigenvalue weighted by Gasteiger charge is 2.36. The van der Waals surface area contributed by atoms with Gasteiger partial charge in [0.05, 0.1) is 26.2 Å². The molecule has 1 aliphatic carbocycles. The van der Waals surface area contributed by atoms with Crippen molar-refractivity contribution >= 4 is 41.6 Å². The van der Waals surface area contributed by atoms with Gasteiger partial charge in [-0.3, -0.25) is 48.5 Å². The van der Waals surface area contributed by atoms with Gasteiger partial charge in [0, 0.05) is 71.6 Å². The largest absolute Gasteiger partial charge is 0.480 e. The van der Waals surface area contributed by atoms with Crippen LogP contribution >= 0.6 is 0 Å². The molecule has 3 atom stereocenters. The average molecular weight is 749 g/mol. The number of hydrogen-bond acceptors (Lipinski definition) is 12. The molecule has 0 bridgehead atoms. The van der Waals surface area contributed by atoms with Gasteiger partial charge in [-0.1, -0.05) is 18.2 Å². The molecule has 0 radical (unpaired) electrons. The number of rotatable bonds is 13. The summed E-state index contributed by atoms with van der Waals surface area (Å²) in [6.07, 6.45) is 3.47. The van der Waals surface area contributed by atoms with E-state index in [9.17, 15) is 54.3 Å². The molecule has 1 heterocycles. The number of nitrogens with one attached hydrogen (secondary N) is 1. The second kappa shape index (κ2) is 20.6. The van der Waals surface area contributed by atoms with Gasteiger partial charge in [-0.15, -0.1) is 0 Å². The van der Waals surface area contributed by atoms with Gasteiger partial charge in [-0.05, 0) is 55.9 Å². The molecule has 6 N–H and O–H groups in total. The van der Waals surface area contributed by atoms with Gasteiger partial charge in [0.15, 0.2) is 0 Å². The van der Waals surface area contributed by atoms with Crippen LogP contribution in [0.5, 0.6) is 0 Å². The SMILES string of the molecule is CNC(=O)[C@]1(O)CC/C=C/[C@H](OC(=O)N(C)c2ccc(CC3CN(CC(=O)O)CCN(CC(=O)O)CCN(CC(=O)O)CCN3CC(=O)O)cc2)CC1. The maximum Gasteiger partial charge on any atom is 0.414 e. The summed E-state index contributed by atoms with van der Waals surface area (Å²) in [5.41, 5.74) is -0.320. The van der Waals surface area contributed by atoms with Gasteiger partial charge >= 0.3 is 30.0 Å². The van der Waals surface area contributed by atoms with Crippen molar-refractivity contribution in [3.8, 4) is 0 Å². The number of carbonyl (C=O) groups is 6. The summed E-state index contributed by atoms with van der Waals surface area (Å²) in [6.45, 7) is -0.179. The normalized spacial score (nSPS) is 23.6. The van der Waals surface area contributed by atoms with E-state index in [1.54, 1.807) is 56.0 Å². The quantitative estimate of drug-likeness (QED) is 0.142. The van der Waals surface area contributed by atoms with Crippen molar-refractivity contribution in [3.05, 3.63) is 42.0 Å². The van der Waals surface area contributed by atoms with Crippen molar-refractivity contribution in [3.63, 3.8) is 0 Å². The number of anilines is 1. The summed E-state index contributed by atoms with van der Waals surface area (Å²) in [4.78, 5) is 80.3. The second-order valence-electron chi connectivity index (χ2n) is 13.5. The van der Waals surface area contributed by atoms with E-state index in [0.29, 0.717) is 12.1 Å². The van der Waals surface area contributed by atoms with Crippen molar-refractivity contribution in [1.29, 1.82) is 0 Å². The molecule has 294 valence electrons. The highest BCUT2D eigenvalue weighted by molar-refractivity contribution is 5.87. The number of aliphatic hydroxyl groups is 1. The minimum atomic E-state index is -1.57. The molecule has 1 fully saturated rings. The van der Waals surface area contributed by atoms with E-state index in [4.69, 9.17) is 4.74 Å². The predicted octanol–water partition coefficient (Wildman–Crippen LogP) is -0.294. The number of carboxylic acid groups (broad SMARTS) is 4. The van der Waals surface area contributed by atoms with Crippen LogP contribution in [0.2, 0.25) is 0 Å². The number of nitrogens with zero attached hydrogens (tertiary/aromatic N) is 5. The zero-order valence-corrected chi connectivity index (χ0v) is 30.3. The van der Waals surface area contributed by atoms with E-state index in [0.717, 1.165) is 5.56 Å². The van der Waals surface area contributed by atoms with Gasteiger partial charge in [-0.25, -0.2) is 4.79 Å². The molecule has 1 aliphatic heterocycles. The number of likely N-dealkylation sites (N-methyl/N-ethyl adjacent to an activating group) is 1. The Morgan fingerprint density at radius 1 is 0.792 bits per heavy atom. The van der Waals surface area contributed by atoms with Gasteiger partial charge in [-0.2, -0.15) is 0 Å². The van der Waals surface area contributed by atoms with E-state index in [1.165, 1.54) is 19.0 Å².